The summed E-state index contributed by atoms with van der Waals surface area (Å²) >= 11 is 6.63. The number of nitrogens with one attached hydrogen (secondary N) is 2. The molecular weight excluding hydrogens is 651 g/mol. The molecule has 1 aliphatic heterocycles. The van der Waals surface area contributed by atoms with Crippen molar-refractivity contribution in [2.24, 2.45) is 5.41 Å². The topological polar surface area (TPSA) is 105 Å². The van der Waals surface area contributed by atoms with Crippen LogP contribution in [-0.4, -0.2) is 48.4 Å². The van der Waals surface area contributed by atoms with Gasteiger partial charge in [0.15, 0.2) is 23.1 Å². The zero-order valence-corrected chi connectivity index (χ0v) is 28.1. The minimum Gasteiger partial charge on any atom is -0.451 e. The van der Waals surface area contributed by atoms with Crippen molar-refractivity contribution in [1.82, 2.24) is 24.2 Å². The highest BCUT2D eigenvalue weighted by atomic mass is 35.5. The van der Waals surface area contributed by atoms with Crippen molar-refractivity contribution in [3.63, 3.8) is 0 Å². The van der Waals surface area contributed by atoms with E-state index in [4.69, 9.17) is 16.3 Å². The molecule has 1 aliphatic rings. The number of carbonyl (C=O) groups excluding carboxylic acids is 1. The number of aliphatic hydroxyl groups excluding tert-OH is 1. The van der Waals surface area contributed by atoms with Gasteiger partial charge in [-0.3, -0.25) is 4.79 Å². The van der Waals surface area contributed by atoms with E-state index < -0.39 is 11.2 Å². The summed E-state index contributed by atoms with van der Waals surface area (Å²) in [4.78, 5) is 21.1. The minimum atomic E-state index is -0.883. The number of carbonyl (C=O) groups is 1. The van der Waals surface area contributed by atoms with Crippen LogP contribution in [0.4, 0.5) is 15.9 Å². The van der Waals surface area contributed by atoms with Crippen LogP contribution in [0.1, 0.15) is 25.0 Å². The predicted octanol–water partition coefficient (Wildman–Crippen LogP) is 7.02. The first-order chi connectivity index (χ1) is 23.2. The summed E-state index contributed by atoms with van der Waals surface area (Å²) in [5, 5.41) is 17.6. The second-order valence-corrected chi connectivity index (χ2v) is 14.2. The van der Waals surface area contributed by atoms with Gasteiger partial charge in [-0.05, 0) is 37.1 Å². The summed E-state index contributed by atoms with van der Waals surface area (Å²) in [5.41, 5.74) is 3.22. The SMILES string of the molecule is CC(C)(CO)C(=O)NCCn1ccc2ncnc(Nc3cc(F)c(OC4=CN(Cc5ccccc5)S(Cc5ccccc5)=C4)c(Cl)c3)c21. The molecule has 3 N–H and O–H groups in total. The number of hydrogen-bond donors (Lipinski definition) is 3. The quantitative estimate of drug-likeness (QED) is 0.114. The highest BCUT2D eigenvalue weighted by Gasteiger charge is 2.26. The molecule has 3 heterocycles. The van der Waals surface area contributed by atoms with Crippen LogP contribution < -0.4 is 15.4 Å². The van der Waals surface area contributed by atoms with Crippen LogP contribution in [0.25, 0.3) is 11.0 Å². The molecular formula is C36H36ClFN6O3S. The second kappa shape index (κ2) is 14.6. The molecule has 0 spiro atoms. The maximum Gasteiger partial charge on any atom is 0.228 e. The van der Waals surface area contributed by atoms with Gasteiger partial charge in [0, 0.05) is 42.2 Å². The van der Waals surface area contributed by atoms with Crippen molar-refractivity contribution < 1.29 is 19.0 Å². The van der Waals surface area contributed by atoms with Crippen LogP contribution in [0.15, 0.2) is 103 Å². The first-order valence-corrected chi connectivity index (χ1v) is 17.2. The average Bonchev–Trinajstić information content (AvgIpc) is 3.67. The number of nitrogens with zero attached hydrogens (tertiary/aromatic N) is 4. The Hall–Kier alpha value is -4.71. The summed E-state index contributed by atoms with van der Waals surface area (Å²) in [5.74, 6) is 0.829. The van der Waals surface area contributed by atoms with E-state index in [9.17, 15) is 9.90 Å². The maximum atomic E-state index is 15.7. The van der Waals surface area contributed by atoms with Gasteiger partial charge in [-0.2, -0.15) is 0 Å². The average molecular weight is 687 g/mol. The van der Waals surface area contributed by atoms with Crippen LogP contribution in [0.2, 0.25) is 5.02 Å². The van der Waals surface area contributed by atoms with E-state index in [-0.39, 0.29) is 34.0 Å². The zero-order valence-electron chi connectivity index (χ0n) is 26.6. The number of benzene rings is 3. The lowest BCUT2D eigenvalue weighted by Crippen LogP contribution is -2.40. The Morgan fingerprint density at radius 1 is 1.04 bits per heavy atom. The van der Waals surface area contributed by atoms with Gasteiger partial charge in [0.1, 0.15) is 11.8 Å². The fourth-order valence-corrected chi connectivity index (χ4v) is 7.25. The molecule has 48 heavy (non-hydrogen) atoms. The number of hydrogen-bond acceptors (Lipinski definition) is 7. The molecule has 3 aromatic carbocycles. The molecule has 1 unspecified atom stereocenters. The highest BCUT2D eigenvalue weighted by molar-refractivity contribution is 8.12. The molecule has 1 amide bonds. The van der Waals surface area contributed by atoms with Gasteiger partial charge in [-0.1, -0.05) is 82.9 Å². The van der Waals surface area contributed by atoms with E-state index in [1.54, 1.807) is 19.9 Å². The van der Waals surface area contributed by atoms with Gasteiger partial charge in [-0.25, -0.2) is 14.4 Å². The van der Waals surface area contributed by atoms with Crippen molar-refractivity contribution in [2.45, 2.75) is 32.7 Å². The number of allylic oxidation sites excluding steroid dienone is 1. The molecule has 6 rings (SSSR count). The lowest BCUT2D eigenvalue weighted by Gasteiger charge is -2.21. The Bertz CT molecular complexity index is 1960. The van der Waals surface area contributed by atoms with Crippen molar-refractivity contribution in [3.05, 3.63) is 125 Å². The van der Waals surface area contributed by atoms with E-state index in [1.807, 2.05) is 64.8 Å². The Balaban J connectivity index is 1.19. The van der Waals surface area contributed by atoms with Crippen LogP contribution in [0.5, 0.6) is 5.75 Å². The maximum absolute atomic E-state index is 15.7. The smallest absolute Gasteiger partial charge is 0.228 e. The first-order valence-electron chi connectivity index (χ1n) is 15.4. The molecule has 2 aromatic heterocycles. The third-order valence-electron chi connectivity index (χ3n) is 7.84. The van der Waals surface area contributed by atoms with E-state index >= 15 is 4.39 Å². The lowest BCUT2D eigenvalue weighted by molar-refractivity contribution is -0.131. The van der Waals surface area contributed by atoms with Crippen molar-refractivity contribution >= 4 is 56.1 Å². The number of ether oxygens (including phenoxy) is 1. The molecule has 0 radical (unpaired) electrons. The summed E-state index contributed by atoms with van der Waals surface area (Å²) in [6.07, 6.45) is 5.18. The van der Waals surface area contributed by atoms with Crippen LogP contribution in [0.3, 0.4) is 0 Å². The van der Waals surface area contributed by atoms with Gasteiger partial charge >= 0.3 is 0 Å². The molecule has 12 heteroatoms. The fraction of sp³-hybridized carbons (Fsp3) is 0.222. The first kappa shape index (κ1) is 33.2. The molecule has 0 aliphatic carbocycles. The standard InChI is InChI=1S/C36H36ClFN6O3S/c1-36(2,23-45)35(46)39-14-16-43-15-13-31-32(43)34(41-24-40-31)42-27-17-29(37)33(30(38)18-27)47-28-20-44(19-25-9-5-3-6-10-25)48(22-28)21-26-11-7-4-8-12-26/h3-13,15,17-18,20,22,24,45H,14,16,19,21,23H2,1-2H3,(H,39,46)(H,40,41,42). The van der Waals surface area contributed by atoms with Crippen molar-refractivity contribution in [1.29, 1.82) is 0 Å². The molecule has 0 saturated heterocycles. The summed E-state index contributed by atoms with van der Waals surface area (Å²) in [6.45, 7) is 4.54. The molecule has 0 fully saturated rings. The number of anilines is 2. The monoisotopic (exact) mass is 686 g/mol. The summed E-state index contributed by atoms with van der Waals surface area (Å²) in [6, 6.07) is 25.2. The van der Waals surface area contributed by atoms with Gasteiger partial charge in [-0.15, -0.1) is 0 Å². The van der Waals surface area contributed by atoms with Crippen LogP contribution in [-0.2, 0) is 23.6 Å². The lowest BCUT2D eigenvalue weighted by atomic mass is 9.94. The Labute approximate surface area is 286 Å². The molecule has 9 nitrogen and oxygen atoms in total. The molecule has 248 valence electrons. The molecule has 1 atom stereocenters. The number of halogens is 2. The number of rotatable bonds is 13. The number of aromatic nitrogens is 3. The van der Waals surface area contributed by atoms with Crippen molar-refractivity contribution in [2.75, 3.05) is 18.5 Å². The number of fused-ring (bicyclic) bond motifs is 1. The Morgan fingerprint density at radius 3 is 2.48 bits per heavy atom. The summed E-state index contributed by atoms with van der Waals surface area (Å²) in [7, 11) is -0.325. The van der Waals surface area contributed by atoms with Gasteiger partial charge < -0.3 is 29.3 Å². The molecule has 0 saturated carbocycles. The molecule has 0 bridgehead atoms. The van der Waals surface area contributed by atoms with Gasteiger partial charge in [0.2, 0.25) is 5.91 Å². The normalized spacial score (nSPS) is 14.5. The predicted molar refractivity (Wildman–Crippen MR) is 191 cm³/mol. The van der Waals surface area contributed by atoms with Crippen LogP contribution in [0, 0.1) is 11.2 Å². The third kappa shape index (κ3) is 7.70. The Kier molecular flexibility index (Phi) is 10.1. The third-order valence-corrected chi connectivity index (χ3v) is 10.1. The number of amides is 1. The molecule has 5 aromatic rings. The Morgan fingerprint density at radius 2 is 1.77 bits per heavy atom. The number of aliphatic hydroxyl groups is 1. The van der Waals surface area contributed by atoms with E-state index in [2.05, 4.69) is 49.2 Å². The van der Waals surface area contributed by atoms with Gasteiger partial charge in [0.25, 0.3) is 0 Å². The van der Waals surface area contributed by atoms with Crippen molar-refractivity contribution in [3.8, 4) is 5.75 Å². The fourth-order valence-electron chi connectivity index (χ4n) is 5.15. The van der Waals surface area contributed by atoms with Gasteiger partial charge in [0.05, 0.1) is 35.3 Å². The van der Waals surface area contributed by atoms with Crippen LogP contribution >= 0.6 is 22.3 Å². The van der Waals surface area contributed by atoms with E-state index in [1.165, 1.54) is 18.0 Å². The minimum absolute atomic E-state index is 0.0627. The second-order valence-electron chi connectivity index (χ2n) is 12.0. The zero-order chi connectivity index (χ0) is 33.7. The van der Waals surface area contributed by atoms with E-state index in [0.717, 1.165) is 11.3 Å². The van der Waals surface area contributed by atoms with E-state index in [0.29, 0.717) is 47.9 Å². The summed E-state index contributed by atoms with van der Waals surface area (Å²) < 4.78 is 25.9. The highest BCUT2D eigenvalue weighted by Crippen LogP contribution is 2.38. The largest absolute Gasteiger partial charge is 0.451 e.